The first-order valence-corrected chi connectivity index (χ1v) is 6.43. The zero-order valence-corrected chi connectivity index (χ0v) is 11.9. The molecule has 1 amide bonds. The molecule has 1 aliphatic rings. The molecule has 0 saturated carbocycles. The van der Waals surface area contributed by atoms with E-state index in [4.69, 9.17) is 4.74 Å². The van der Waals surface area contributed by atoms with Gasteiger partial charge in [0.05, 0.1) is 0 Å². The number of nitrogens with zero attached hydrogens (tertiary/aromatic N) is 1. The summed E-state index contributed by atoms with van der Waals surface area (Å²) in [6, 6.07) is 0.554. The molecule has 2 atom stereocenters. The monoisotopic (exact) mass is 242 g/mol. The van der Waals surface area contributed by atoms with E-state index in [1.807, 2.05) is 32.6 Å². The quantitative estimate of drug-likeness (QED) is 0.766. The van der Waals surface area contributed by atoms with Crippen molar-refractivity contribution in [2.24, 2.45) is 5.92 Å². The van der Waals surface area contributed by atoms with E-state index < -0.39 is 5.60 Å². The van der Waals surface area contributed by atoms with Gasteiger partial charge in [0.25, 0.3) is 0 Å². The topological polar surface area (TPSA) is 41.6 Å². The van der Waals surface area contributed by atoms with Gasteiger partial charge in [-0.1, -0.05) is 13.8 Å². The SMILES string of the molecule is CC(C)[C@H]1CN(C(=O)OC(C)(C)C)[C@H](C)CN1. The molecule has 1 N–H and O–H groups in total. The first-order valence-electron chi connectivity index (χ1n) is 6.43. The van der Waals surface area contributed by atoms with Gasteiger partial charge in [0.15, 0.2) is 0 Å². The average Bonchev–Trinajstić information content (AvgIpc) is 2.14. The van der Waals surface area contributed by atoms with E-state index >= 15 is 0 Å². The summed E-state index contributed by atoms with van der Waals surface area (Å²) in [7, 11) is 0. The molecule has 17 heavy (non-hydrogen) atoms. The fraction of sp³-hybridized carbons (Fsp3) is 0.923. The Morgan fingerprint density at radius 2 is 2.00 bits per heavy atom. The molecule has 1 aliphatic heterocycles. The normalized spacial score (nSPS) is 26.2. The van der Waals surface area contributed by atoms with Gasteiger partial charge in [-0.15, -0.1) is 0 Å². The van der Waals surface area contributed by atoms with Crippen molar-refractivity contribution in [3.05, 3.63) is 0 Å². The van der Waals surface area contributed by atoms with Crippen LogP contribution < -0.4 is 5.32 Å². The van der Waals surface area contributed by atoms with Crippen LogP contribution in [0.4, 0.5) is 4.79 Å². The third kappa shape index (κ3) is 4.19. The highest BCUT2D eigenvalue weighted by atomic mass is 16.6. The van der Waals surface area contributed by atoms with Crippen molar-refractivity contribution >= 4 is 6.09 Å². The number of hydrogen-bond acceptors (Lipinski definition) is 3. The largest absolute Gasteiger partial charge is 0.444 e. The van der Waals surface area contributed by atoms with Crippen LogP contribution in [0.3, 0.4) is 0 Å². The lowest BCUT2D eigenvalue weighted by molar-refractivity contribution is 0.00752. The van der Waals surface area contributed by atoms with E-state index in [1.165, 1.54) is 0 Å². The van der Waals surface area contributed by atoms with Crippen LogP contribution in [0.2, 0.25) is 0 Å². The van der Waals surface area contributed by atoms with Gasteiger partial charge >= 0.3 is 6.09 Å². The Labute approximate surface area is 105 Å². The lowest BCUT2D eigenvalue weighted by Crippen LogP contribution is -2.59. The minimum atomic E-state index is -0.422. The highest BCUT2D eigenvalue weighted by Gasteiger charge is 2.32. The molecule has 0 radical (unpaired) electrons. The van der Waals surface area contributed by atoms with Crippen LogP contribution in [0.1, 0.15) is 41.5 Å². The maximum absolute atomic E-state index is 12.1. The Bertz CT molecular complexity index is 271. The predicted molar refractivity (Wildman–Crippen MR) is 69.0 cm³/mol. The van der Waals surface area contributed by atoms with Gasteiger partial charge < -0.3 is 15.0 Å². The predicted octanol–water partition coefficient (Wildman–Crippen LogP) is 2.24. The second-order valence-corrected chi connectivity index (χ2v) is 6.24. The zero-order valence-electron chi connectivity index (χ0n) is 11.9. The van der Waals surface area contributed by atoms with Crippen LogP contribution in [0.25, 0.3) is 0 Å². The summed E-state index contributed by atoms with van der Waals surface area (Å²) in [5, 5.41) is 3.47. The first kappa shape index (κ1) is 14.3. The van der Waals surface area contributed by atoms with Crippen molar-refractivity contribution in [1.29, 1.82) is 0 Å². The summed E-state index contributed by atoms with van der Waals surface area (Å²) in [5.41, 5.74) is -0.422. The molecule has 0 aromatic carbocycles. The highest BCUT2D eigenvalue weighted by molar-refractivity contribution is 5.68. The fourth-order valence-corrected chi connectivity index (χ4v) is 1.91. The molecular formula is C13H26N2O2. The van der Waals surface area contributed by atoms with Crippen molar-refractivity contribution in [1.82, 2.24) is 10.2 Å². The highest BCUT2D eigenvalue weighted by Crippen LogP contribution is 2.17. The minimum absolute atomic E-state index is 0.194. The van der Waals surface area contributed by atoms with Crippen molar-refractivity contribution in [2.45, 2.75) is 59.2 Å². The molecule has 1 saturated heterocycles. The van der Waals surface area contributed by atoms with Crippen molar-refractivity contribution < 1.29 is 9.53 Å². The Morgan fingerprint density at radius 3 is 2.47 bits per heavy atom. The Balaban J connectivity index is 2.64. The number of nitrogens with one attached hydrogen (secondary N) is 1. The second kappa shape index (κ2) is 5.25. The Morgan fingerprint density at radius 1 is 1.41 bits per heavy atom. The van der Waals surface area contributed by atoms with Crippen molar-refractivity contribution in [2.75, 3.05) is 13.1 Å². The van der Waals surface area contributed by atoms with Crippen molar-refractivity contribution in [3.63, 3.8) is 0 Å². The summed E-state index contributed by atoms with van der Waals surface area (Å²) < 4.78 is 5.43. The molecule has 0 aromatic heterocycles. The third-order valence-electron chi connectivity index (χ3n) is 3.03. The molecule has 0 aromatic rings. The van der Waals surface area contributed by atoms with Gasteiger partial charge in [0.1, 0.15) is 5.60 Å². The average molecular weight is 242 g/mol. The van der Waals surface area contributed by atoms with E-state index in [-0.39, 0.29) is 12.1 Å². The number of carbonyl (C=O) groups excluding carboxylic acids is 1. The van der Waals surface area contributed by atoms with Crippen LogP contribution in [-0.4, -0.2) is 41.8 Å². The maximum Gasteiger partial charge on any atom is 0.410 e. The summed E-state index contributed by atoms with van der Waals surface area (Å²) in [4.78, 5) is 13.9. The summed E-state index contributed by atoms with van der Waals surface area (Å²) in [5.74, 6) is 0.521. The zero-order chi connectivity index (χ0) is 13.2. The number of piperazine rings is 1. The molecule has 0 aliphatic carbocycles. The van der Waals surface area contributed by atoms with E-state index in [2.05, 4.69) is 19.2 Å². The minimum Gasteiger partial charge on any atom is -0.444 e. The van der Waals surface area contributed by atoms with Crippen LogP contribution in [0, 0.1) is 5.92 Å². The molecule has 0 bridgehead atoms. The number of rotatable bonds is 1. The van der Waals surface area contributed by atoms with Gasteiger partial charge in [-0.25, -0.2) is 4.79 Å². The second-order valence-electron chi connectivity index (χ2n) is 6.24. The lowest BCUT2D eigenvalue weighted by atomic mass is 10.0. The first-order chi connectivity index (χ1) is 7.70. The standard InChI is InChI=1S/C13H26N2O2/c1-9(2)11-8-15(10(3)7-14-11)12(16)17-13(4,5)6/h9-11,14H,7-8H2,1-6H3/t10-,11-/m1/s1. The molecule has 100 valence electrons. The summed E-state index contributed by atoms with van der Waals surface area (Å²) in [6.07, 6.45) is -0.197. The van der Waals surface area contributed by atoms with Crippen LogP contribution >= 0.6 is 0 Å². The summed E-state index contributed by atoms with van der Waals surface area (Å²) in [6.45, 7) is 13.7. The van der Waals surface area contributed by atoms with E-state index in [9.17, 15) is 4.79 Å². The number of amides is 1. The Hall–Kier alpha value is -0.770. The molecule has 1 fully saturated rings. The molecular weight excluding hydrogens is 216 g/mol. The van der Waals surface area contributed by atoms with Crippen LogP contribution in [-0.2, 0) is 4.74 Å². The molecule has 0 unspecified atom stereocenters. The number of ether oxygens (including phenoxy) is 1. The van der Waals surface area contributed by atoms with Gasteiger partial charge in [-0.2, -0.15) is 0 Å². The molecule has 4 nitrogen and oxygen atoms in total. The van der Waals surface area contributed by atoms with Crippen LogP contribution in [0.5, 0.6) is 0 Å². The fourth-order valence-electron chi connectivity index (χ4n) is 1.91. The molecule has 1 heterocycles. The molecule has 4 heteroatoms. The maximum atomic E-state index is 12.1. The molecule has 1 rings (SSSR count). The molecule has 0 spiro atoms. The van der Waals surface area contributed by atoms with Gasteiger partial charge in [-0.3, -0.25) is 0 Å². The number of carbonyl (C=O) groups is 1. The van der Waals surface area contributed by atoms with Crippen LogP contribution in [0.15, 0.2) is 0 Å². The smallest absolute Gasteiger partial charge is 0.410 e. The van der Waals surface area contributed by atoms with E-state index in [0.29, 0.717) is 12.0 Å². The van der Waals surface area contributed by atoms with Gasteiger partial charge in [0, 0.05) is 25.2 Å². The van der Waals surface area contributed by atoms with Gasteiger partial charge in [0.2, 0.25) is 0 Å². The summed E-state index contributed by atoms with van der Waals surface area (Å²) >= 11 is 0. The van der Waals surface area contributed by atoms with Gasteiger partial charge in [-0.05, 0) is 33.6 Å². The van der Waals surface area contributed by atoms with E-state index in [1.54, 1.807) is 0 Å². The lowest BCUT2D eigenvalue weighted by Gasteiger charge is -2.40. The Kier molecular flexibility index (Phi) is 4.42. The van der Waals surface area contributed by atoms with E-state index in [0.717, 1.165) is 13.1 Å². The third-order valence-corrected chi connectivity index (χ3v) is 3.03. The number of hydrogen-bond donors (Lipinski definition) is 1. The van der Waals surface area contributed by atoms with Crippen molar-refractivity contribution in [3.8, 4) is 0 Å².